The molecule has 0 saturated carbocycles. The first kappa shape index (κ1) is 11.8. The van der Waals surface area contributed by atoms with E-state index < -0.39 is 12.8 Å². The molecule has 0 aromatic rings. The minimum absolute atomic E-state index is 0.0304. The maximum Gasteiger partial charge on any atom is 0.146 e. The van der Waals surface area contributed by atoms with E-state index in [-0.39, 0.29) is 6.61 Å². The van der Waals surface area contributed by atoms with Crippen LogP contribution in [-0.2, 0) is 4.74 Å². The average Bonchev–Trinajstić information content (AvgIpc) is 2.10. The van der Waals surface area contributed by atoms with E-state index in [1.807, 2.05) is 0 Å². The lowest BCUT2D eigenvalue weighted by molar-refractivity contribution is 0.0505. The van der Waals surface area contributed by atoms with Gasteiger partial charge < -0.3 is 9.84 Å². The molecule has 0 rings (SSSR count). The van der Waals surface area contributed by atoms with Crippen molar-refractivity contribution in [2.75, 3.05) is 19.8 Å². The molecule has 0 aliphatic rings. The summed E-state index contributed by atoms with van der Waals surface area (Å²) in [5, 5.41) is 8.32. The highest BCUT2D eigenvalue weighted by atomic mass is 19.1. The Morgan fingerprint density at radius 1 is 1.33 bits per heavy atom. The third kappa shape index (κ3) is 7.95. The topological polar surface area (TPSA) is 29.5 Å². The molecule has 0 unspecified atom stereocenters. The summed E-state index contributed by atoms with van der Waals surface area (Å²) in [5.41, 5.74) is 0. The van der Waals surface area contributed by atoms with Crippen LogP contribution in [0.2, 0.25) is 0 Å². The second kappa shape index (κ2) is 8.94. The van der Waals surface area contributed by atoms with Gasteiger partial charge in [-0.05, 0) is 6.42 Å². The van der Waals surface area contributed by atoms with E-state index in [1.54, 1.807) is 0 Å². The molecule has 0 spiro atoms. The lowest BCUT2D eigenvalue weighted by atomic mass is 10.2. The van der Waals surface area contributed by atoms with Gasteiger partial charge >= 0.3 is 0 Å². The van der Waals surface area contributed by atoms with Crippen molar-refractivity contribution in [2.24, 2.45) is 0 Å². The molecule has 0 heterocycles. The molecule has 1 N–H and O–H groups in total. The lowest BCUT2D eigenvalue weighted by Gasteiger charge is -2.05. The molecule has 12 heavy (non-hydrogen) atoms. The van der Waals surface area contributed by atoms with Gasteiger partial charge in [0.2, 0.25) is 0 Å². The maximum absolute atomic E-state index is 12.3. The number of aliphatic hydroxyl groups is 1. The zero-order valence-electron chi connectivity index (χ0n) is 7.76. The third-order valence-corrected chi connectivity index (χ3v) is 1.64. The van der Waals surface area contributed by atoms with Crippen LogP contribution in [0, 0.1) is 0 Å². The molecule has 0 saturated heterocycles. The normalized spacial score (nSPS) is 13.2. The zero-order valence-corrected chi connectivity index (χ0v) is 7.76. The van der Waals surface area contributed by atoms with Gasteiger partial charge in [0.25, 0.3) is 0 Å². The van der Waals surface area contributed by atoms with E-state index >= 15 is 0 Å². The molecule has 74 valence electrons. The quantitative estimate of drug-likeness (QED) is 0.575. The van der Waals surface area contributed by atoms with E-state index in [0.29, 0.717) is 6.61 Å². The molecule has 2 nitrogen and oxygen atoms in total. The molecule has 0 bridgehead atoms. The molecule has 3 heteroatoms. The van der Waals surface area contributed by atoms with E-state index in [1.165, 1.54) is 12.8 Å². The Hall–Kier alpha value is -0.150. The number of hydrogen-bond acceptors (Lipinski definition) is 2. The summed E-state index contributed by atoms with van der Waals surface area (Å²) in [7, 11) is 0. The van der Waals surface area contributed by atoms with Crippen molar-refractivity contribution in [3.05, 3.63) is 0 Å². The number of hydrogen-bond donors (Lipinski definition) is 1. The second-order valence-corrected chi connectivity index (χ2v) is 2.92. The monoisotopic (exact) mass is 178 g/mol. The summed E-state index contributed by atoms with van der Waals surface area (Å²) in [6.07, 6.45) is 3.33. The van der Waals surface area contributed by atoms with Crippen LogP contribution in [0.15, 0.2) is 0 Å². The number of ether oxygens (including phenoxy) is 1. The van der Waals surface area contributed by atoms with Crippen LogP contribution in [0.5, 0.6) is 0 Å². The first-order valence-corrected chi connectivity index (χ1v) is 4.64. The maximum atomic E-state index is 12.3. The number of alkyl halides is 1. The van der Waals surface area contributed by atoms with Crippen molar-refractivity contribution in [2.45, 2.75) is 38.8 Å². The Morgan fingerprint density at radius 2 is 2.08 bits per heavy atom. The predicted molar refractivity (Wildman–Crippen MR) is 46.9 cm³/mol. The summed E-state index contributed by atoms with van der Waals surface area (Å²) in [6, 6.07) is 0. The molecule has 0 aromatic heterocycles. The second-order valence-electron chi connectivity index (χ2n) is 2.92. The zero-order chi connectivity index (χ0) is 9.23. The number of rotatable bonds is 8. The summed E-state index contributed by atoms with van der Waals surface area (Å²) in [5.74, 6) is 0. The number of halogens is 1. The Balaban J connectivity index is 2.90. The lowest BCUT2D eigenvalue weighted by Crippen LogP contribution is -2.14. The van der Waals surface area contributed by atoms with Crippen LogP contribution in [0.4, 0.5) is 4.39 Å². The number of aliphatic hydroxyl groups excluding tert-OH is 1. The van der Waals surface area contributed by atoms with E-state index in [2.05, 4.69) is 6.92 Å². The molecule has 0 aromatic carbocycles. The summed E-state index contributed by atoms with van der Waals surface area (Å²) in [6.45, 7) is 2.35. The third-order valence-electron chi connectivity index (χ3n) is 1.64. The van der Waals surface area contributed by atoms with Gasteiger partial charge in [-0.2, -0.15) is 0 Å². The van der Waals surface area contributed by atoms with Gasteiger partial charge in [0.1, 0.15) is 6.17 Å². The van der Waals surface area contributed by atoms with Crippen LogP contribution >= 0.6 is 0 Å². The Morgan fingerprint density at radius 3 is 2.67 bits per heavy atom. The average molecular weight is 178 g/mol. The molecule has 0 amide bonds. The van der Waals surface area contributed by atoms with E-state index in [0.717, 1.165) is 12.8 Å². The van der Waals surface area contributed by atoms with Gasteiger partial charge in [-0.15, -0.1) is 0 Å². The van der Waals surface area contributed by atoms with Crippen LogP contribution in [0.25, 0.3) is 0 Å². The van der Waals surface area contributed by atoms with Gasteiger partial charge in [-0.3, -0.25) is 0 Å². The van der Waals surface area contributed by atoms with Crippen LogP contribution in [-0.4, -0.2) is 31.1 Å². The fraction of sp³-hybridized carbons (Fsp3) is 1.00. The number of unbranched alkanes of at least 4 members (excludes halogenated alkanes) is 3. The van der Waals surface area contributed by atoms with Crippen molar-refractivity contribution in [3.8, 4) is 0 Å². The van der Waals surface area contributed by atoms with Crippen LogP contribution < -0.4 is 0 Å². The fourth-order valence-electron chi connectivity index (χ4n) is 0.895. The van der Waals surface area contributed by atoms with Crippen molar-refractivity contribution < 1.29 is 14.2 Å². The summed E-state index contributed by atoms with van der Waals surface area (Å²) >= 11 is 0. The SMILES string of the molecule is CCCCCCOC[C@H](F)CO. The Labute approximate surface area is 73.7 Å². The first-order valence-electron chi connectivity index (χ1n) is 4.64. The smallest absolute Gasteiger partial charge is 0.146 e. The van der Waals surface area contributed by atoms with E-state index in [4.69, 9.17) is 9.84 Å². The van der Waals surface area contributed by atoms with Gasteiger partial charge in [-0.1, -0.05) is 26.2 Å². The highest BCUT2D eigenvalue weighted by molar-refractivity contribution is 4.49. The van der Waals surface area contributed by atoms with Gasteiger partial charge in [0.05, 0.1) is 13.2 Å². The highest BCUT2D eigenvalue weighted by Crippen LogP contribution is 1.99. The molecule has 0 aliphatic heterocycles. The van der Waals surface area contributed by atoms with Crippen molar-refractivity contribution >= 4 is 0 Å². The standard InChI is InChI=1S/C9H19FO2/c1-2-3-4-5-6-12-8-9(10)7-11/h9,11H,2-8H2,1H3/t9-/m1/s1. The van der Waals surface area contributed by atoms with Gasteiger partial charge in [0, 0.05) is 6.61 Å². The fourth-order valence-corrected chi connectivity index (χ4v) is 0.895. The molecular weight excluding hydrogens is 159 g/mol. The molecule has 0 fully saturated rings. The summed E-state index contributed by atoms with van der Waals surface area (Å²) < 4.78 is 17.3. The van der Waals surface area contributed by atoms with Gasteiger partial charge in [0.15, 0.2) is 0 Å². The van der Waals surface area contributed by atoms with Crippen LogP contribution in [0.3, 0.4) is 0 Å². The Bertz CT molecular complexity index is 88.6. The minimum Gasteiger partial charge on any atom is -0.393 e. The molecular formula is C9H19FO2. The van der Waals surface area contributed by atoms with Crippen molar-refractivity contribution in [1.29, 1.82) is 0 Å². The highest BCUT2D eigenvalue weighted by Gasteiger charge is 2.02. The molecule has 0 radical (unpaired) electrons. The summed E-state index contributed by atoms with van der Waals surface area (Å²) in [4.78, 5) is 0. The minimum atomic E-state index is -1.21. The predicted octanol–water partition coefficient (Wildman–Crippen LogP) is 1.91. The van der Waals surface area contributed by atoms with Crippen molar-refractivity contribution in [1.82, 2.24) is 0 Å². The van der Waals surface area contributed by atoms with Gasteiger partial charge in [-0.25, -0.2) is 4.39 Å². The van der Waals surface area contributed by atoms with E-state index in [9.17, 15) is 4.39 Å². The Kier molecular flexibility index (Phi) is 8.83. The first-order chi connectivity index (χ1) is 5.81. The van der Waals surface area contributed by atoms with Crippen LogP contribution in [0.1, 0.15) is 32.6 Å². The molecule has 1 atom stereocenters. The van der Waals surface area contributed by atoms with Crippen molar-refractivity contribution in [3.63, 3.8) is 0 Å². The largest absolute Gasteiger partial charge is 0.393 e. The molecule has 0 aliphatic carbocycles.